The fourth-order valence-corrected chi connectivity index (χ4v) is 2.88. The monoisotopic (exact) mass is 441 g/mol. The number of rotatable bonds is 5. The molecule has 0 aliphatic heterocycles. The summed E-state index contributed by atoms with van der Waals surface area (Å²) in [6, 6.07) is 7.61. The van der Waals surface area contributed by atoms with E-state index < -0.39 is 23.3 Å². The van der Waals surface area contributed by atoms with E-state index in [4.69, 9.17) is 23.2 Å². The van der Waals surface area contributed by atoms with Crippen molar-refractivity contribution >= 4 is 40.7 Å². The van der Waals surface area contributed by atoms with Crippen molar-refractivity contribution < 1.29 is 18.0 Å². The normalized spacial score (nSPS) is 11.2. The van der Waals surface area contributed by atoms with Crippen LogP contribution in [0.5, 0.6) is 0 Å². The topological polar surface area (TPSA) is 79.8 Å². The number of anilines is 2. The number of halogens is 5. The van der Waals surface area contributed by atoms with E-state index in [0.29, 0.717) is 11.3 Å². The lowest BCUT2D eigenvalue weighted by atomic mass is 10.2. The molecule has 0 atom stereocenters. The highest BCUT2D eigenvalue weighted by Crippen LogP contribution is 2.32. The molecule has 0 radical (unpaired) electrons. The number of carbonyl (C=O) groups is 1. The lowest BCUT2D eigenvalue weighted by Crippen LogP contribution is -2.27. The minimum atomic E-state index is -4.87. The van der Waals surface area contributed by atoms with Crippen molar-refractivity contribution in [1.29, 1.82) is 0 Å². The summed E-state index contributed by atoms with van der Waals surface area (Å²) < 4.78 is 40.4. The van der Waals surface area contributed by atoms with Crippen molar-refractivity contribution in [2.75, 3.05) is 5.32 Å². The molecule has 3 rings (SSSR count). The van der Waals surface area contributed by atoms with Gasteiger partial charge in [0.25, 0.3) is 5.91 Å². The van der Waals surface area contributed by atoms with Gasteiger partial charge in [-0.1, -0.05) is 23.2 Å². The highest BCUT2D eigenvalue weighted by Gasteiger charge is 2.38. The molecular weight excluding hydrogens is 430 g/mol. The standard InChI is InChI=1S/C18H12Cl2F3N5O/c19-11-5-12(20)7-13(6-11)27-17-26-9-14(15(28-17)18(21,22)23)16(29)25-8-10-1-3-24-4-2-10/h1-7,9H,8H2,(H,25,29)(H,26,27,28). The largest absolute Gasteiger partial charge is 0.434 e. The molecule has 1 amide bonds. The Labute approximate surface area is 173 Å². The van der Waals surface area contributed by atoms with Gasteiger partial charge in [-0.05, 0) is 35.9 Å². The Balaban J connectivity index is 1.85. The van der Waals surface area contributed by atoms with E-state index in [2.05, 4.69) is 25.6 Å². The van der Waals surface area contributed by atoms with Crippen molar-refractivity contribution in [2.45, 2.75) is 12.7 Å². The molecule has 0 saturated carbocycles. The SMILES string of the molecule is O=C(NCc1ccncc1)c1cnc(Nc2cc(Cl)cc(Cl)c2)nc1C(F)(F)F. The van der Waals surface area contributed by atoms with Gasteiger partial charge in [0.1, 0.15) is 0 Å². The van der Waals surface area contributed by atoms with Crippen LogP contribution >= 0.6 is 23.2 Å². The number of carbonyl (C=O) groups excluding carboxylic acids is 1. The number of nitrogens with one attached hydrogen (secondary N) is 2. The van der Waals surface area contributed by atoms with Crippen molar-refractivity contribution in [3.8, 4) is 0 Å². The summed E-state index contributed by atoms with van der Waals surface area (Å²) >= 11 is 11.7. The number of aromatic nitrogens is 3. The Morgan fingerprint density at radius 3 is 2.34 bits per heavy atom. The third kappa shape index (κ3) is 5.55. The summed E-state index contributed by atoms with van der Waals surface area (Å²) in [6.45, 7) is 0.0274. The van der Waals surface area contributed by atoms with Crippen LogP contribution in [-0.2, 0) is 12.7 Å². The number of alkyl halides is 3. The van der Waals surface area contributed by atoms with E-state index in [-0.39, 0.29) is 22.5 Å². The van der Waals surface area contributed by atoms with Gasteiger partial charge >= 0.3 is 6.18 Å². The Morgan fingerprint density at radius 1 is 1.07 bits per heavy atom. The molecule has 2 N–H and O–H groups in total. The van der Waals surface area contributed by atoms with E-state index in [1.54, 1.807) is 12.1 Å². The maximum absolute atomic E-state index is 13.5. The van der Waals surface area contributed by atoms with Gasteiger partial charge in [0, 0.05) is 40.9 Å². The first-order valence-corrected chi connectivity index (χ1v) is 8.82. The van der Waals surface area contributed by atoms with Crippen molar-refractivity contribution in [3.05, 3.63) is 75.8 Å². The zero-order chi connectivity index (χ0) is 21.0. The number of nitrogens with zero attached hydrogens (tertiary/aromatic N) is 3. The molecule has 150 valence electrons. The summed E-state index contributed by atoms with van der Waals surface area (Å²) in [5.41, 5.74) is -1.08. The molecule has 29 heavy (non-hydrogen) atoms. The molecule has 11 heteroatoms. The quantitative estimate of drug-likeness (QED) is 0.590. The molecule has 1 aromatic carbocycles. The lowest BCUT2D eigenvalue weighted by molar-refractivity contribution is -0.141. The molecule has 0 unspecified atom stereocenters. The van der Waals surface area contributed by atoms with E-state index in [1.807, 2.05) is 0 Å². The van der Waals surface area contributed by atoms with Gasteiger partial charge in [-0.25, -0.2) is 9.97 Å². The Kier molecular flexibility index (Phi) is 6.19. The molecule has 2 aromatic heterocycles. The van der Waals surface area contributed by atoms with Crippen LogP contribution in [0.25, 0.3) is 0 Å². The van der Waals surface area contributed by atoms with E-state index in [0.717, 1.165) is 6.20 Å². The van der Waals surface area contributed by atoms with Crippen molar-refractivity contribution in [3.63, 3.8) is 0 Å². The van der Waals surface area contributed by atoms with Gasteiger partial charge in [-0.2, -0.15) is 13.2 Å². The summed E-state index contributed by atoms with van der Waals surface area (Å²) in [6.07, 6.45) is -1.04. The molecule has 0 aliphatic rings. The van der Waals surface area contributed by atoms with E-state index in [1.165, 1.54) is 30.6 Å². The Hall–Kier alpha value is -2.91. The van der Waals surface area contributed by atoms with Crippen LogP contribution in [0.1, 0.15) is 21.6 Å². The number of hydrogen-bond donors (Lipinski definition) is 2. The molecule has 6 nitrogen and oxygen atoms in total. The second-order valence-corrected chi connectivity index (χ2v) is 6.65. The first-order chi connectivity index (χ1) is 13.7. The molecular formula is C18H12Cl2F3N5O. The van der Waals surface area contributed by atoms with E-state index >= 15 is 0 Å². The molecule has 2 heterocycles. The van der Waals surface area contributed by atoms with Gasteiger partial charge in [-0.3, -0.25) is 9.78 Å². The molecule has 3 aromatic rings. The van der Waals surface area contributed by atoms with Crippen LogP contribution in [0, 0.1) is 0 Å². The minimum Gasteiger partial charge on any atom is -0.348 e. The average molecular weight is 442 g/mol. The highest BCUT2D eigenvalue weighted by molar-refractivity contribution is 6.35. The van der Waals surface area contributed by atoms with Crippen LogP contribution in [0.2, 0.25) is 10.0 Å². The van der Waals surface area contributed by atoms with Gasteiger partial charge in [0.15, 0.2) is 5.69 Å². The summed E-state index contributed by atoms with van der Waals surface area (Å²) in [5.74, 6) is -1.31. The second kappa shape index (κ2) is 8.62. The summed E-state index contributed by atoms with van der Waals surface area (Å²) in [7, 11) is 0. The van der Waals surface area contributed by atoms with Crippen LogP contribution in [0.15, 0.2) is 48.9 Å². The summed E-state index contributed by atoms with van der Waals surface area (Å²) in [5, 5.41) is 5.56. The third-order valence-electron chi connectivity index (χ3n) is 3.62. The summed E-state index contributed by atoms with van der Waals surface area (Å²) in [4.78, 5) is 23.4. The smallest absolute Gasteiger partial charge is 0.348 e. The molecule has 0 spiro atoms. The number of amides is 1. The maximum Gasteiger partial charge on any atom is 0.434 e. The zero-order valence-electron chi connectivity index (χ0n) is 14.5. The van der Waals surface area contributed by atoms with Gasteiger partial charge in [0.2, 0.25) is 5.95 Å². The molecule has 0 saturated heterocycles. The number of pyridine rings is 1. The number of benzene rings is 1. The highest BCUT2D eigenvalue weighted by atomic mass is 35.5. The van der Waals surface area contributed by atoms with Gasteiger partial charge < -0.3 is 10.6 Å². The van der Waals surface area contributed by atoms with Crippen LogP contribution in [-0.4, -0.2) is 20.9 Å². The lowest BCUT2D eigenvalue weighted by Gasteiger charge is -2.14. The molecule has 0 bridgehead atoms. The fourth-order valence-electron chi connectivity index (χ4n) is 2.36. The first-order valence-electron chi connectivity index (χ1n) is 8.07. The van der Waals surface area contributed by atoms with Gasteiger partial charge in [0.05, 0.1) is 5.56 Å². The predicted octanol–water partition coefficient (Wildman–Crippen LogP) is 4.87. The number of hydrogen-bond acceptors (Lipinski definition) is 5. The Bertz CT molecular complexity index is 1010. The average Bonchev–Trinajstić information content (AvgIpc) is 2.65. The predicted molar refractivity (Wildman–Crippen MR) is 102 cm³/mol. The van der Waals surface area contributed by atoms with Crippen molar-refractivity contribution in [2.24, 2.45) is 0 Å². The van der Waals surface area contributed by atoms with E-state index in [9.17, 15) is 18.0 Å². The maximum atomic E-state index is 13.5. The van der Waals surface area contributed by atoms with Gasteiger partial charge in [-0.15, -0.1) is 0 Å². The molecule has 0 aliphatic carbocycles. The van der Waals surface area contributed by atoms with Crippen LogP contribution in [0.3, 0.4) is 0 Å². The Morgan fingerprint density at radius 2 is 1.72 bits per heavy atom. The molecule has 0 fully saturated rings. The zero-order valence-corrected chi connectivity index (χ0v) is 16.0. The van der Waals surface area contributed by atoms with Crippen LogP contribution in [0.4, 0.5) is 24.8 Å². The minimum absolute atomic E-state index is 0.0274. The van der Waals surface area contributed by atoms with Crippen molar-refractivity contribution in [1.82, 2.24) is 20.3 Å². The second-order valence-electron chi connectivity index (χ2n) is 5.77. The first kappa shape index (κ1) is 20.8. The fraction of sp³-hybridized carbons (Fsp3) is 0.111. The van der Waals surface area contributed by atoms with Crippen LogP contribution < -0.4 is 10.6 Å². The third-order valence-corrected chi connectivity index (χ3v) is 4.06.